The molecule has 124 valence electrons. The van der Waals surface area contributed by atoms with Gasteiger partial charge in [-0.1, -0.05) is 5.92 Å². The second kappa shape index (κ2) is 7.03. The summed E-state index contributed by atoms with van der Waals surface area (Å²) in [5, 5.41) is 13.6. The van der Waals surface area contributed by atoms with Gasteiger partial charge in [-0.15, -0.1) is 0 Å². The molecule has 0 unspecified atom stereocenters. The third kappa shape index (κ3) is 3.03. The van der Waals surface area contributed by atoms with Crippen molar-refractivity contribution in [2.45, 2.75) is 13.5 Å². The van der Waals surface area contributed by atoms with Crippen LogP contribution in [0.3, 0.4) is 0 Å². The maximum absolute atomic E-state index is 9.67. The molecule has 0 amide bonds. The van der Waals surface area contributed by atoms with E-state index in [1.165, 1.54) is 0 Å². The van der Waals surface area contributed by atoms with Crippen LogP contribution in [0.1, 0.15) is 23.7 Å². The molecule has 0 radical (unpaired) electrons. The Morgan fingerprint density at radius 2 is 1.88 bits per heavy atom. The van der Waals surface area contributed by atoms with Crippen molar-refractivity contribution in [1.82, 2.24) is 4.57 Å². The van der Waals surface area contributed by atoms with Crippen LogP contribution in [-0.2, 0) is 6.54 Å². The number of methoxy groups -OCH3 is 1. The Morgan fingerprint density at radius 3 is 2.48 bits per heavy atom. The summed E-state index contributed by atoms with van der Waals surface area (Å²) in [7, 11) is 3.51. The van der Waals surface area contributed by atoms with Gasteiger partial charge in [0, 0.05) is 30.2 Å². The van der Waals surface area contributed by atoms with E-state index in [-0.39, 0.29) is 0 Å². The third-order valence-electron chi connectivity index (χ3n) is 4.20. The molecular formula is C21H19N3O. The maximum atomic E-state index is 9.67. The minimum atomic E-state index is 0.593. The zero-order valence-corrected chi connectivity index (χ0v) is 14.6. The van der Waals surface area contributed by atoms with Crippen LogP contribution in [0.4, 0.5) is 5.69 Å². The van der Waals surface area contributed by atoms with E-state index in [9.17, 15) is 5.26 Å². The Morgan fingerprint density at radius 1 is 1.12 bits per heavy atom. The topological polar surface area (TPSA) is 50.0 Å². The highest BCUT2D eigenvalue weighted by Gasteiger charge is 2.15. The van der Waals surface area contributed by atoms with E-state index in [1.807, 2.05) is 49.5 Å². The Hall–Kier alpha value is -3.37. The molecule has 0 atom stereocenters. The molecule has 0 aliphatic heterocycles. The molecule has 0 aliphatic rings. The zero-order chi connectivity index (χ0) is 17.8. The molecule has 25 heavy (non-hydrogen) atoms. The van der Waals surface area contributed by atoms with Gasteiger partial charge in [-0.2, -0.15) is 5.26 Å². The lowest BCUT2D eigenvalue weighted by Gasteiger charge is -2.04. The Bertz CT molecular complexity index is 1010. The summed E-state index contributed by atoms with van der Waals surface area (Å²) >= 11 is 0. The maximum Gasteiger partial charge on any atom is 0.119 e. The number of nitrogens with zero attached hydrogens (tertiary/aromatic N) is 2. The molecule has 0 aliphatic carbocycles. The van der Waals surface area contributed by atoms with Crippen LogP contribution in [0.2, 0.25) is 0 Å². The van der Waals surface area contributed by atoms with Gasteiger partial charge in [-0.05, 0) is 55.3 Å². The highest BCUT2D eigenvalue weighted by molar-refractivity contribution is 5.90. The summed E-state index contributed by atoms with van der Waals surface area (Å²) < 4.78 is 7.37. The third-order valence-corrected chi connectivity index (χ3v) is 4.20. The molecule has 2 aromatic carbocycles. The summed E-state index contributed by atoms with van der Waals surface area (Å²) in [6.45, 7) is 2.80. The number of aromatic nitrogens is 1. The van der Waals surface area contributed by atoms with Crippen LogP contribution in [0, 0.1) is 23.2 Å². The van der Waals surface area contributed by atoms with E-state index in [4.69, 9.17) is 4.74 Å². The average Bonchev–Trinajstić information content (AvgIpc) is 2.98. The summed E-state index contributed by atoms with van der Waals surface area (Å²) in [6, 6.07) is 16.0. The van der Waals surface area contributed by atoms with Crippen LogP contribution in [0.5, 0.6) is 5.75 Å². The highest BCUT2D eigenvalue weighted by atomic mass is 16.5. The predicted molar refractivity (Wildman–Crippen MR) is 101 cm³/mol. The van der Waals surface area contributed by atoms with Crippen LogP contribution >= 0.6 is 0 Å². The summed E-state index contributed by atoms with van der Waals surface area (Å²) in [6.07, 6.45) is 0. The van der Waals surface area contributed by atoms with Gasteiger partial charge >= 0.3 is 0 Å². The summed E-state index contributed by atoms with van der Waals surface area (Å²) in [4.78, 5) is 0. The van der Waals surface area contributed by atoms with Gasteiger partial charge < -0.3 is 14.6 Å². The van der Waals surface area contributed by atoms with Crippen molar-refractivity contribution in [2.75, 3.05) is 19.5 Å². The molecule has 4 heteroatoms. The first kappa shape index (κ1) is 16.5. The van der Waals surface area contributed by atoms with Crippen LogP contribution in [0.15, 0.2) is 42.5 Å². The van der Waals surface area contributed by atoms with Gasteiger partial charge in [0.05, 0.1) is 18.2 Å². The van der Waals surface area contributed by atoms with E-state index in [0.717, 1.165) is 40.1 Å². The fourth-order valence-electron chi connectivity index (χ4n) is 2.88. The zero-order valence-electron chi connectivity index (χ0n) is 14.6. The van der Waals surface area contributed by atoms with Gasteiger partial charge in [0.25, 0.3) is 0 Å². The number of ether oxygens (including phenoxy) is 1. The molecule has 1 aromatic heterocycles. The molecule has 1 heterocycles. The number of benzene rings is 2. The molecule has 0 spiro atoms. The lowest BCUT2D eigenvalue weighted by atomic mass is 10.1. The Balaban J connectivity index is 2.15. The number of rotatable bonds is 3. The van der Waals surface area contributed by atoms with Gasteiger partial charge in [0.2, 0.25) is 0 Å². The van der Waals surface area contributed by atoms with Crippen molar-refractivity contribution >= 4 is 16.6 Å². The Labute approximate surface area is 147 Å². The minimum absolute atomic E-state index is 0.593. The first-order valence-electron chi connectivity index (χ1n) is 8.12. The molecule has 0 saturated heterocycles. The number of hydrogen-bond acceptors (Lipinski definition) is 3. The fraction of sp³-hybridized carbons (Fsp3) is 0.190. The van der Waals surface area contributed by atoms with E-state index < -0.39 is 0 Å². The summed E-state index contributed by atoms with van der Waals surface area (Å²) in [5.74, 6) is 7.10. The van der Waals surface area contributed by atoms with E-state index in [2.05, 4.69) is 34.7 Å². The minimum Gasteiger partial charge on any atom is -0.497 e. The standard InChI is InChI=1S/C21H19N3O/c1-4-24-20-12-10-17(25-3)13-18(20)19(14-22)21(24)11-7-15-5-8-16(23-2)9-6-15/h5-6,8-10,12-13,23H,4H2,1-3H3. The largest absolute Gasteiger partial charge is 0.497 e. The van der Waals surface area contributed by atoms with Gasteiger partial charge in [0.1, 0.15) is 17.5 Å². The number of nitrogens with one attached hydrogen (secondary N) is 1. The number of hydrogen-bond donors (Lipinski definition) is 1. The smallest absolute Gasteiger partial charge is 0.119 e. The van der Waals surface area contributed by atoms with Gasteiger partial charge in [-0.25, -0.2) is 0 Å². The number of anilines is 1. The molecule has 3 aromatic rings. The van der Waals surface area contributed by atoms with Crippen LogP contribution < -0.4 is 10.1 Å². The van der Waals surface area contributed by atoms with Gasteiger partial charge in [-0.3, -0.25) is 0 Å². The van der Waals surface area contributed by atoms with Crippen molar-refractivity contribution in [3.05, 3.63) is 59.3 Å². The lowest BCUT2D eigenvalue weighted by Crippen LogP contribution is -1.98. The predicted octanol–water partition coefficient (Wildman–Crippen LogP) is 3.98. The number of aryl methyl sites for hydroxylation is 1. The first-order valence-corrected chi connectivity index (χ1v) is 8.12. The van der Waals surface area contributed by atoms with Crippen molar-refractivity contribution in [3.63, 3.8) is 0 Å². The van der Waals surface area contributed by atoms with E-state index in [0.29, 0.717) is 5.56 Å². The normalized spacial score (nSPS) is 10.0. The quantitative estimate of drug-likeness (QED) is 0.739. The van der Waals surface area contributed by atoms with Crippen LogP contribution in [0.25, 0.3) is 10.9 Å². The Kier molecular flexibility index (Phi) is 4.64. The van der Waals surface area contributed by atoms with Crippen molar-refractivity contribution in [3.8, 4) is 23.7 Å². The molecule has 0 saturated carbocycles. The monoisotopic (exact) mass is 329 g/mol. The SMILES string of the molecule is CCn1c(C#Cc2ccc(NC)cc2)c(C#N)c2cc(OC)ccc21. The van der Waals surface area contributed by atoms with Crippen molar-refractivity contribution in [2.24, 2.45) is 0 Å². The summed E-state index contributed by atoms with van der Waals surface area (Å²) in [5.41, 5.74) is 4.28. The van der Waals surface area contributed by atoms with E-state index in [1.54, 1.807) is 7.11 Å². The molecular weight excluding hydrogens is 310 g/mol. The second-order valence-electron chi connectivity index (χ2n) is 5.54. The molecule has 3 rings (SSSR count). The molecule has 0 bridgehead atoms. The molecule has 4 nitrogen and oxygen atoms in total. The highest BCUT2D eigenvalue weighted by Crippen LogP contribution is 2.29. The first-order chi connectivity index (χ1) is 12.2. The van der Waals surface area contributed by atoms with Crippen molar-refractivity contribution in [1.29, 1.82) is 5.26 Å². The number of fused-ring (bicyclic) bond motifs is 1. The van der Waals surface area contributed by atoms with Crippen molar-refractivity contribution < 1.29 is 4.74 Å². The average molecular weight is 329 g/mol. The molecule has 0 fully saturated rings. The van der Waals surface area contributed by atoms with Gasteiger partial charge in [0.15, 0.2) is 0 Å². The van der Waals surface area contributed by atoms with E-state index >= 15 is 0 Å². The van der Waals surface area contributed by atoms with Crippen LogP contribution in [-0.4, -0.2) is 18.7 Å². The second-order valence-corrected chi connectivity index (χ2v) is 5.54. The fourth-order valence-corrected chi connectivity index (χ4v) is 2.88. The molecule has 1 N–H and O–H groups in total. The lowest BCUT2D eigenvalue weighted by molar-refractivity contribution is 0.415. The number of nitriles is 1.